The maximum atomic E-state index is 12.0. The lowest BCUT2D eigenvalue weighted by molar-refractivity contribution is -0.117. The van der Waals surface area contributed by atoms with E-state index >= 15 is 0 Å². The molecule has 0 bridgehead atoms. The molecule has 0 radical (unpaired) electrons. The summed E-state index contributed by atoms with van der Waals surface area (Å²) >= 11 is 1.66. The quantitative estimate of drug-likeness (QED) is 0.730. The summed E-state index contributed by atoms with van der Waals surface area (Å²) in [6.07, 6.45) is 5.77. The molecule has 0 aromatic carbocycles. The third kappa shape index (κ3) is 3.35. The molecule has 128 valence electrons. The molecule has 0 aliphatic heterocycles. The fourth-order valence-corrected chi connectivity index (χ4v) is 3.36. The van der Waals surface area contributed by atoms with E-state index in [1.54, 1.807) is 17.5 Å². The Balaban J connectivity index is 1.72. The van der Waals surface area contributed by atoms with Gasteiger partial charge in [-0.1, -0.05) is 0 Å². The Morgan fingerprint density at radius 3 is 2.84 bits per heavy atom. The minimum Gasteiger partial charge on any atom is -0.310 e. The Labute approximate surface area is 150 Å². The summed E-state index contributed by atoms with van der Waals surface area (Å²) in [6.45, 7) is 4.23. The second kappa shape index (κ2) is 6.44. The molecule has 4 rings (SSSR count). The van der Waals surface area contributed by atoms with Gasteiger partial charge in [0.25, 0.3) is 0 Å². The maximum absolute atomic E-state index is 12.0. The molecular weight excluding hydrogens is 332 g/mol. The lowest BCUT2D eigenvalue weighted by Crippen LogP contribution is -2.14. The first kappa shape index (κ1) is 16.0. The normalized spacial score (nSPS) is 14.0. The van der Waals surface area contributed by atoms with Crippen molar-refractivity contribution >= 4 is 23.1 Å². The van der Waals surface area contributed by atoms with Crippen molar-refractivity contribution in [3.05, 3.63) is 41.4 Å². The minimum absolute atomic E-state index is 0.0700. The average Bonchev–Trinajstić information content (AvgIpc) is 3.13. The summed E-state index contributed by atoms with van der Waals surface area (Å²) in [7, 11) is 0. The van der Waals surface area contributed by atoms with E-state index in [9.17, 15) is 4.79 Å². The molecule has 1 saturated carbocycles. The van der Waals surface area contributed by atoms with Crippen molar-refractivity contribution in [1.29, 1.82) is 0 Å². The van der Waals surface area contributed by atoms with E-state index in [0.717, 1.165) is 35.2 Å². The number of pyridine rings is 1. The molecule has 3 aromatic rings. The van der Waals surface area contributed by atoms with Crippen LogP contribution in [-0.2, 0) is 4.79 Å². The van der Waals surface area contributed by atoms with Gasteiger partial charge in [-0.3, -0.25) is 9.48 Å². The first-order valence-electron chi connectivity index (χ1n) is 8.51. The van der Waals surface area contributed by atoms with Crippen LogP contribution in [0.15, 0.2) is 41.4 Å². The van der Waals surface area contributed by atoms with Crippen LogP contribution in [0.1, 0.15) is 32.7 Å². The fraction of sp³-hybridized carbons (Fsp3) is 0.316. The van der Waals surface area contributed by atoms with Crippen LogP contribution < -0.4 is 5.32 Å². The number of rotatable bonds is 5. The van der Waals surface area contributed by atoms with Crippen molar-refractivity contribution < 1.29 is 4.79 Å². The van der Waals surface area contributed by atoms with Gasteiger partial charge in [0.2, 0.25) is 5.91 Å². The Hall–Kier alpha value is -2.47. The number of nitrogens with one attached hydrogen (secondary N) is 1. The zero-order chi connectivity index (χ0) is 17.4. The molecule has 1 amide bonds. The van der Waals surface area contributed by atoms with Crippen molar-refractivity contribution in [3.63, 3.8) is 0 Å². The highest BCUT2D eigenvalue weighted by Crippen LogP contribution is 2.34. The highest BCUT2D eigenvalue weighted by Gasteiger charge is 2.29. The van der Waals surface area contributed by atoms with Crippen molar-refractivity contribution in [2.45, 2.75) is 32.7 Å². The maximum Gasteiger partial charge on any atom is 0.228 e. The molecule has 3 heterocycles. The molecule has 0 unspecified atom stereocenters. The van der Waals surface area contributed by atoms with Gasteiger partial charge in [-0.15, -0.1) is 0 Å². The van der Waals surface area contributed by atoms with Gasteiger partial charge in [0.1, 0.15) is 11.5 Å². The summed E-state index contributed by atoms with van der Waals surface area (Å²) < 4.78 is 1.98. The second-order valence-corrected chi connectivity index (χ2v) is 7.45. The first-order chi connectivity index (χ1) is 12.1. The number of thiophene rings is 1. The molecule has 1 N–H and O–H groups in total. The number of anilines is 1. The SMILES string of the molecule is CC(C)n1cc(-c2ccnc(NC(=O)C3CC3)c2)c(-c2ccsc2)n1. The molecule has 25 heavy (non-hydrogen) atoms. The van der Waals surface area contributed by atoms with Crippen LogP contribution in [0.4, 0.5) is 5.82 Å². The van der Waals surface area contributed by atoms with E-state index in [0.29, 0.717) is 5.82 Å². The van der Waals surface area contributed by atoms with Crippen LogP contribution in [0.2, 0.25) is 0 Å². The van der Waals surface area contributed by atoms with Gasteiger partial charge in [-0.05, 0) is 55.8 Å². The van der Waals surface area contributed by atoms with Gasteiger partial charge < -0.3 is 5.32 Å². The first-order valence-corrected chi connectivity index (χ1v) is 9.45. The summed E-state index contributed by atoms with van der Waals surface area (Å²) in [5.41, 5.74) is 4.13. The number of hydrogen-bond acceptors (Lipinski definition) is 4. The number of nitrogens with zero attached hydrogens (tertiary/aromatic N) is 3. The predicted molar refractivity (Wildman–Crippen MR) is 101 cm³/mol. The Bertz CT molecular complexity index is 894. The lowest BCUT2D eigenvalue weighted by Gasteiger charge is -2.06. The molecule has 1 aliphatic carbocycles. The van der Waals surface area contributed by atoms with Gasteiger partial charge in [-0.25, -0.2) is 4.98 Å². The predicted octanol–water partition coefficient (Wildman–Crippen LogP) is 4.60. The highest BCUT2D eigenvalue weighted by atomic mass is 32.1. The van der Waals surface area contributed by atoms with Crippen LogP contribution in [0.5, 0.6) is 0 Å². The topological polar surface area (TPSA) is 59.8 Å². The average molecular weight is 352 g/mol. The van der Waals surface area contributed by atoms with Gasteiger partial charge in [0, 0.05) is 40.9 Å². The molecule has 6 heteroatoms. The Morgan fingerprint density at radius 1 is 1.32 bits per heavy atom. The van der Waals surface area contributed by atoms with Gasteiger partial charge in [-0.2, -0.15) is 16.4 Å². The van der Waals surface area contributed by atoms with E-state index in [4.69, 9.17) is 5.10 Å². The Kier molecular flexibility index (Phi) is 4.13. The minimum atomic E-state index is 0.0700. The van der Waals surface area contributed by atoms with Crippen molar-refractivity contribution in [3.8, 4) is 22.4 Å². The monoisotopic (exact) mass is 352 g/mol. The molecule has 3 aromatic heterocycles. The molecule has 0 spiro atoms. The lowest BCUT2D eigenvalue weighted by atomic mass is 10.0. The summed E-state index contributed by atoms with van der Waals surface area (Å²) in [4.78, 5) is 16.3. The molecule has 0 atom stereocenters. The van der Waals surface area contributed by atoms with Crippen molar-refractivity contribution in [2.24, 2.45) is 5.92 Å². The van der Waals surface area contributed by atoms with Crippen LogP contribution in [-0.4, -0.2) is 20.7 Å². The summed E-state index contributed by atoms with van der Waals surface area (Å²) in [5, 5.41) is 11.9. The molecule has 1 aliphatic rings. The number of carbonyl (C=O) groups excluding carboxylic acids is 1. The van der Waals surface area contributed by atoms with E-state index in [1.165, 1.54) is 0 Å². The standard InChI is InChI=1S/C19H20N4OS/c1-12(2)23-10-16(18(22-23)15-6-8-25-11-15)14-5-7-20-17(9-14)21-19(24)13-3-4-13/h5-13H,3-4H2,1-2H3,(H,20,21,24). The van der Waals surface area contributed by atoms with Crippen molar-refractivity contribution in [1.82, 2.24) is 14.8 Å². The third-order valence-electron chi connectivity index (χ3n) is 4.33. The highest BCUT2D eigenvalue weighted by molar-refractivity contribution is 7.08. The van der Waals surface area contributed by atoms with Crippen LogP contribution >= 0.6 is 11.3 Å². The van der Waals surface area contributed by atoms with Crippen molar-refractivity contribution in [2.75, 3.05) is 5.32 Å². The van der Waals surface area contributed by atoms with E-state index in [-0.39, 0.29) is 17.9 Å². The van der Waals surface area contributed by atoms with E-state index in [2.05, 4.69) is 47.2 Å². The van der Waals surface area contributed by atoms with Crippen LogP contribution in [0, 0.1) is 5.92 Å². The van der Waals surface area contributed by atoms with Crippen LogP contribution in [0.3, 0.4) is 0 Å². The Morgan fingerprint density at radius 2 is 2.16 bits per heavy atom. The smallest absolute Gasteiger partial charge is 0.228 e. The number of hydrogen-bond donors (Lipinski definition) is 1. The van der Waals surface area contributed by atoms with E-state index in [1.807, 2.05) is 16.8 Å². The number of aromatic nitrogens is 3. The number of amides is 1. The molecule has 5 nitrogen and oxygen atoms in total. The van der Waals surface area contributed by atoms with Crippen LogP contribution in [0.25, 0.3) is 22.4 Å². The number of carbonyl (C=O) groups is 1. The second-order valence-electron chi connectivity index (χ2n) is 6.67. The third-order valence-corrected chi connectivity index (χ3v) is 5.01. The molecule has 0 saturated heterocycles. The zero-order valence-electron chi connectivity index (χ0n) is 14.3. The largest absolute Gasteiger partial charge is 0.310 e. The van der Waals surface area contributed by atoms with Gasteiger partial charge >= 0.3 is 0 Å². The van der Waals surface area contributed by atoms with E-state index < -0.39 is 0 Å². The molecular formula is C19H20N4OS. The summed E-state index contributed by atoms with van der Waals surface area (Å²) in [5.74, 6) is 0.832. The molecule has 1 fully saturated rings. The summed E-state index contributed by atoms with van der Waals surface area (Å²) in [6, 6.07) is 6.25. The van der Waals surface area contributed by atoms with Gasteiger partial charge in [0.05, 0.1) is 0 Å². The fourth-order valence-electron chi connectivity index (χ4n) is 2.72. The zero-order valence-corrected chi connectivity index (χ0v) is 15.1. The van der Waals surface area contributed by atoms with Gasteiger partial charge in [0.15, 0.2) is 0 Å².